The molecule has 1 aliphatic heterocycles. The fraction of sp³-hybridized carbons (Fsp3) is 0.917. The molecule has 14 heavy (non-hydrogen) atoms. The van der Waals surface area contributed by atoms with E-state index >= 15 is 0 Å². The molecule has 1 N–H and O–H groups in total. The Morgan fingerprint density at radius 1 is 1.00 bits per heavy atom. The van der Waals surface area contributed by atoms with Crippen LogP contribution in [0.4, 0.5) is 0 Å². The van der Waals surface area contributed by atoms with E-state index in [1.165, 1.54) is 32.1 Å². The van der Waals surface area contributed by atoms with Crippen molar-refractivity contribution in [3.63, 3.8) is 0 Å². The number of hydrogen-bond donors (Lipinski definition) is 1. The molecule has 2 aliphatic rings. The highest BCUT2D eigenvalue weighted by Crippen LogP contribution is 2.33. The van der Waals surface area contributed by atoms with Crippen molar-refractivity contribution in [2.24, 2.45) is 17.8 Å². The van der Waals surface area contributed by atoms with Gasteiger partial charge in [-0.05, 0) is 24.8 Å². The van der Waals surface area contributed by atoms with Crippen LogP contribution in [0.1, 0.15) is 38.5 Å². The Labute approximate surface area is 86.5 Å². The van der Waals surface area contributed by atoms with Crippen molar-refractivity contribution >= 4 is 6.29 Å². The molecular weight excluding hydrogens is 174 g/mol. The lowest BCUT2D eigenvalue weighted by Crippen LogP contribution is -2.40. The molecule has 1 heterocycles. The van der Waals surface area contributed by atoms with E-state index in [4.69, 9.17) is 0 Å². The SMILES string of the molecule is O=[C][C@H]1CNC[C@H](C2CCCCC2)C1. The number of nitrogens with one attached hydrogen (secondary N) is 1. The van der Waals surface area contributed by atoms with Gasteiger partial charge in [0.25, 0.3) is 0 Å². The van der Waals surface area contributed by atoms with E-state index in [-0.39, 0.29) is 5.92 Å². The van der Waals surface area contributed by atoms with Gasteiger partial charge in [0.05, 0.1) is 0 Å². The maximum absolute atomic E-state index is 10.6. The summed E-state index contributed by atoms with van der Waals surface area (Å²) in [5, 5.41) is 3.37. The maximum Gasteiger partial charge on any atom is 0.203 e. The van der Waals surface area contributed by atoms with Crippen LogP contribution in [0, 0.1) is 17.8 Å². The van der Waals surface area contributed by atoms with Gasteiger partial charge in [0.15, 0.2) is 0 Å². The first-order chi connectivity index (χ1) is 6.90. The first-order valence-electron chi connectivity index (χ1n) is 5.98. The van der Waals surface area contributed by atoms with Crippen molar-refractivity contribution in [3.05, 3.63) is 0 Å². The maximum atomic E-state index is 10.6. The summed E-state index contributed by atoms with van der Waals surface area (Å²) in [6.45, 7) is 1.98. The summed E-state index contributed by atoms with van der Waals surface area (Å²) in [4.78, 5) is 10.6. The molecule has 1 aliphatic carbocycles. The molecule has 0 aromatic heterocycles. The summed E-state index contributed by atoms with van der Waals surface area (Å²) in [6, 6.07) is 0. The Kier molecular flexibility index (Phi) is 3.57. The molecule has 0 unspecified atom stereocenters. The summed E-state index contributed by atoms with van der Waals surface area (Å²) in [5.74, 6) is 1.79. The van der Waals surface area contributed by atoms with Crippen molar-refractivity contribution in [1.29, 1.82) is 0 Å². The van der Waals surface area contributed by atoms with Gasteiger partial charge in [0.2, 0.25) is 6.29 Å². The zero-order valence-corrected chi connectivity index (χ0v) is 8.80. The molecule has 2 nitrogen and oxygen atoms in total. The number of rotatable bonds is 2. The second-order valence-electron chi connectivity index (χ2n) is 4.87. The molecule has 1 radical (unpaired) electrons. The van der Waals surface area contributed by atoms with Crippen LogP contribution in [-0.2, 0) is 4.79 Å². The Morgan fingerprint density at radius 3 is 2.50 bits per heavy atom. The highest BCUT2D eigenvalue weighted by atomic mass is 16.1. The smallest absolute Gasteiger partial charge is 0.203 e. The zero-order valence-electron chi connectivity index (χ0n) is 8.80. The van der Waals surface area contributed by atoms with Crippen molar-refractivity contribution in [3.8, 4) is 0 Å². The summed E-state index contributed by atoms with van der Waals surface area (Å²) < 4.78 is 0. The van der Waals surface area contributed by atoms with Crippen molar-refractivity contribution in [1.82, 2.24) is 5.32 Å². The third-order valence-electron chi connectivity index (χ3n) is 3.87. The molecule has 0 aromatic rings. The van der Waals surface area contributed by atoms with E-state index in [0.717, 1.165) is 31.3 Å². The second-order valence-corrected chi connectivity index (χ2v) is 4.87. The largest absolute Gasteiger partial charge is 0.316 e. The molecule has 79 valence electrons. The van der Waals surface area contributed by atoms with Gasteiger partial charge in [-0.25, -0.2) is 0 Å². The number of carbonyl (C=O) groups excluding carboxylic acids is 1. The molecule has 2 atom stereocenters. The number of piperidine rings is 1. The van der Waals surface area contributed by atoms with Gasteiger partial charge < -0.3 is 5.32 Å². The Morgan fingerprint density at radius 2 is 1.79 bits per heavy atom. The standard InChI is InChI=1S/C12H20NO/c14-9-10-6-12(8-13-7-10)11-4-2-1-3-5-11/h10-13H,1-8H2/t10-,12-/m1/s1. The van der Waals surface area contributed by atoms with Crippen LogP contribution in [0.2, 0.25) is 0 Å². The van der Waals surface area contributed by atoms with Crippen LogP contribution < -0.4 is 5.32 Å². The molecular formula is C12H20NO. The molecule has 1 saturated carbocycles. The third-order valence-corrected chi connectivity index (χ3v) is 3.87. The summed E-state index contributed by atoms with van der Waals surface area (Å²) in [5.41, 5.74) is 0. The highest BCUT2D eigenvalue weighted by molar-refractivity contribution is 5.55. The van der Waals surface area contributed by atoms with Gasteiger partial charge in [-0.1, -0.05) is 32.1 Å². The first kappa shape index (κ1) is 10.2. The molecule has 0 amide bonds. The highest BCUT2D eigenvalue weighted by Gasteiger charge is 2.29. The molecule has 0 bridgehead atoms. The van der Waals surface area contributed by atoms with Crippen LogP contribution in [0.5, 0.6) is 0 Å². The lowest BCUT2D eigenvalue weighted by molar-refractivity contribution is 0.192. The minimum atomic E-state index is 0.163. The Hall–Kier alpha value is -0.370. The van der Waals surface area contributed by atoms with Gasteiger partial charge in [0, 0.05) is 12.5 Å². The normalized spacial score (nSPS) is 35.4. The predicted molar refractivity (Wildman–Crippen MR) is 56.7 cm³/mol. The lowest BCUT2D eigenvalue weighted by Gasteiger charge is -2.35. The monoisotopic (exact) mass is 194 g/mol. The predicted octanol–water partition coefficient (Wildman–Crippen LogP) is 1.90. The van der Waals surface area contributed by atoms with Gasteiger partial charge in [-0.15, -0.1) is 0 Å². The van der Waals surface area contributed by atoms with Crippen LogP contribution in [0.15, 0.2) is 0 Å². The van der Waals surface area contributed by atoms with E-state index in [1.54, 1.807) is 0 Å². The lowest BCUT2D eigenvalue weighted by atomic mass is 9.75. The fourth-order valence-electron chi connectivity index (χ4n) is 3.03. The summed E-state index contributed by atoms with van der Waals surface area (Å²) in [6.07, 6.45) is 10.2. The minimum absolute atomic E-state index is 0.163. The van der Waals surface area contributed by atoms with Crippen molar-refractivity contribution in [2.75, 3.05) is 13.1 Å². The summed E-state index contributed by atoms with van der Waals surface area (Å²) in [7, 11) is 0. The Bertz CT molecular complexity index is 187. The third kappa shape index (κ3) is 2.35. The minimum Gasteiger partial charge on any atom is -0.316 e. The van der Waals surface area contributed by atoms with E-state index in [0.29, 0.717) is 0 Å². The van der Waals surface area contributed by atoms with Crippen molar-refractivity contribution in [2.45, 2.75) is 38.5 Å². The number of hydrogen-bond acceptors (Lipinski definition) is 2. The second kappa shape index (κ2) is 4.92. The van der Waals surface area contributed by atoms with Gasteiger partial charge in [-0.2, -0.15) is 0 Å². The van der Waals surface area contributed by atoms with Crippen LogP contribution in [0.25, 0.3) is 0 Å². The molecule has 2 fully saturated rings. The summed E-state index contributed by atoms with van der Waals surface area (Å²) >= 11 is 0. The molecule has 2 rings (SSSR count). The van der Waals surface area contributed by atoms with Gasteiger partial charge in [-0.3, -0.25) is 4.79 Å². The average Bonchev–Trinajstić information content (AvgIpc) is 2.30. The van der Waals surface area contributed by atoms with Gasteiger partial charge >= 0.3 is 0 Å². The zero-order chi connectivity index (χ0) is 9.80. The fourth-order valence-corrected chi connectivity index (χ4v) is 3.03. The van der Waals surface area contributed by atoms with Crippen LogP contribution in [-0.4, -0.2) is 19.4 Å². The van der Waals surface area contributed by atoms with E-state index in [1.807, 2.05) is 0 Å². The van der Waals surface area contributed by atoms with E-state index < -0.39 is 0 Å². The first-order valence-corrected chi connectivity index (χ1v) is 5.98. The van der Waals surface area contributed by atoms with E-state index in [2.05, 4.69) is 11.6 Å². The van der Waals surface area contributed by atoms with Gasteiger partial charge in [0.1, 0.15) is 0 Å². The van der Waals surface area contributed by atoms with E-state index in [9.17, 15) is 4.79 Å². The quantitative estimate of drug-likeness (QED) is 0.727. The van der Waals surface area contributed by atoms with Crippen LogP contribution in [0.3, 0.4) is 0 Å². The topological polar surface area (TPSA) is 29.1 Å². The molecule has 1 saturated heterocycles. The average molecular weight is 194 g/mol. The molecule has 2 heteroatoms. The van der Waals surface area contributed by atoms with Crippen LogP contribution >= 0.6 is 0 Å². The Balaban J connectivity index is 1.86. The van der Waals surface area contributed by atoms with Crippen molar-refractivity contribution < 1.29 is 4.79 Å². The molecule has 0 spiro atoms. The molecule has 0 aromatic carbocycles.